The second-order valence-electron chi connectivity index (χ2n) is 8.13. The molecule has 0 N–H and O–H groups in total. The van der Waals surface area contributed by atoms with Gasteiger partial charge in [0.05, 0.1) is 0 Å². The van der Waals surface area contributed by atoms with Gasteiger partial charge < -0.3 is 14.4 Å². The third-order valence-corrected chi connectivity index (χ3v) is 5.92. The highest BCUT2D eigenvalue weighted by molar-refractivity contribution is 5.67. The minimum absolute atomic E-state index is 0.190. The molecule has 144 valence electrons. The van der Waals surface area contributed by atoms with E-state index < -0.39 is 0 Å². The monoisotopic (exact) mass is 359 g/mol. The van der Waals surface area contributed by atoms with E-state index in [1.54, 1.807) is 0 Å². The predicted octanol–water partition coefficient (Wildman–Crippen LogP) is 4.88. The second kappa shape index (κ2) is 9.96. The lowest BCUT2D eigenvalue weighted by Gasteiger charge is -2.32. The molecule has 0 unspecified atom stereocenters. The molecular weight excluding hydrogens is 326 g/mol. The number of amides is 1. The fourth-order valence-corrected chi connectivity index (χ4v) is 3.99. The van der Waals surface area contributed by atoms with Crippen LogP contribution in [0.2, 0.25) is 0 Å². The van der Waals surface area contributed by atoms with Crippen LogP contribution in [0, 0.1) is 17.8 Å². The first-order chi connectivity index (χ1) is 12.7. The van der Waals surface area contributed by atoms with Crippen molar-refractivity contribution >= 4 is 6.09 Å². The molecule has 1 aliphatic heterocycles. The van der Waals surface area contributed by atoms with E-state index in [0.29, 0.717) is 12.5 Å². The van der Waals surface area contributed by atoms with Gasteiger partial charge in [0.25, 0.3) is 0 Å². The van der Waals surface area contributed by atoms with Gasteiger partial charge in [0.15, 0.2) is 0 Å². The van der Waals surface area contributed by atoms with E-state index in [4.69, 9.17) is 9.47 Å². The summed E-state index contributed by atoms with van der Waals surface area (Å²) >= 11 is 0. The summed E-state index contributed by atoms with van der Waals surface area (Å²) in [6, 6.07) is 9.84. The maximum absolute atomic E-state index is 12.2. The molecule has 0 spiro atoms. The van der Waals surface area contributed by atoms with Crippen LogP contribution in [0.1, 0.15) is 51.0 Å². The number of carbonyl (C=O) groups excluding carboxylic acids is 1. The molecule has 1 saturated heterocycles. The zero-order chi connectivity index (χ0) is 18.2. The lowest BCUT2D eigenvalue weighted by molar-refractivity contribution is 0.0322. The van der Waals surface area contributed by atoms with E-state index in [2.05, 4.69) is 6.92 Å². The largest absolute Gasteiger partial charge is 0.445 e. The Bertz CT molecular complexity index is 532. The summed E-state index contributed by atoms with van der Waals surface area (Å²) in [6.07, 6.45) is 7.21. The zero-order valence-electron chi connectivity index (χ0n) is 16.1. The quantitative estimate of drug-likeness (QED) is 0.727. The molecule has 1 amide bonds. The van der Waals surface area contributed by atoms with Crippen molar-refractivity contribution in [1.82, 2.24) is 4.90 Å². The number of ether oxygens (including phenoxy) is 2. The molecule has 1 aromatic rings. The lowest BCUT2D eigenvalue weighted by atomic mass is 9.83. The van der Waals surface area contributed by atoms with E-state index >= 15 is 0 Å². The fourth-order valence-electron chi connectivity index (χ4n) is 3.99. The Morgan fingerprint density at radius 1 is 0.962 bits per heavy atom. The summed E-state index contributed by atoms with van der Waals surface area (Å²) in [6.45, 7) is 6.04. The summed E-state index contributed by atoms with van der Waals surface area (Å²) in [5.74, 6) is 2.24. The van der Waals surface area contributed by atoms with Gasteiger partial charge in [-0.05, 0) is 49.0 Å². The third kappa shape index (κ3) is 6.01. The lowest BCUT2D eigenvalue weighted by Crippen LogP contribution is -2.39. The molecule has 1 aromatic carbocycles. The molecule has 1 heterocycles. The highest BCUT2D eigenvalue weighted by atomic mass is 16.6. The normalized spacial score (nSPS) is 24.4. The number of carbonyl (C=O) groups is 1. The molecule has 1 aliphatic carbocycles. The van der Waals surface area contributed by atoms with Crippen LogP contribution in [0.4, 0.5) is 4.79 Å². The van der Waals surface area contributed by atoms with Crippen molar-refractivity contribution in [3.63, 3.8) is 0 Å². The van der Waals surface area contributed by atoms with Crippen LogP contribution in [0.25, 0.3) is 0 Å². The van der Waals surface area contributed by atoms with E-state index in [0.717, 1.165) is 56.5 Å². The molecule has 4 nitrogen and oxygen atoms in total. The topological polar surface area (TPSA) is 38.8 Å². The maximum Gasteiger partial charge on any atom is 0.410 e. The molecule has 2 fully saturated rings. The standard InChI is InChI=1S/C22H33NO3/c1-18-7-9-20(10-8-18)15-25-16-21-11-13-23(14-12-21)22(24)26-17-19-5-3-2-4-6-19/h2-6,18,20-21H,7-17H2,1H3. The van der Waals surface area contributed by atoms with Gasteiger partial charge in [-0.3, -0.25) is 0 Å². The smallest absolute Gasteiger partial charge is 0.410 e. The summed E-state index contributed by atoms with van der Waals surface area (Å²) in [5, 5.41) is 0. The van der Waals surface area contributed by atoms with Crippen LogP contribution in [0.3, 0.4) is 0 Å². The van der Waals surface area contributed by atoms with Gasteiger partial charge in [0, 0.05) is 26.3 Å². The second-order valence-corrected chi connectivity index (χ2v) is 8.13. The number of likely N-dealkylation sites (tertiary alicyclic amines) is 1. The van der Waals surface area contributed by atoms with Crippen molar-refractivity contribution in [3.05, 3.63) is 35.9 Å². The Hall–Kier alpha value is -1.55. The number of rotatable bonds is 6. The van der Waals surface area contributed by atoms with Gasteiger partial charge in [-0.15, -0.1) is 0 Å². The molecule has 0 bridgehead atoms. The van der Waals surface area contributed by atoms with Crippen molar-refractivity contribution in [3.8, 4) is 0 Å². The molecule has 0 radical (unpaired) electrons. The highest BCUT2D eigenvalue weighted by Crippen LogP contribution is 2.28. The molecule has 0 aromatic heterocycles. The van der Waals surface area contributed by atoms with Crippen LogP contribution >= 0.6 is 0 Å². The van der Waals surface area contributed by atoms with Gasteiger partial charge in [-0.1, -0.05) is 50.1 Å². The Morgan fingerprint density at radius 3 is 2.23 bits per heavy atom. The van der Waals surface area contributed by atoms with Gasteiger partial charge in [0.2, 0.25) is 0 Å². The molecule has 0 atom stereocenters. The van der Waals surface area contributed by atoms with Gasteiger partial charge in [0.1, 0.15) is 6.61 Å². The summed E-state index contributed by atoms with van der Waals surface area (Å²) in [5.41, 5.74) is 1.03. The van der Waals surface area contributed by atoms with Gasteiger partial charge in [-0.25, -0.2) is 4.79 Å². The zero-order valence-corrected chi connectivity index (χ0v) is 16.1. The first kappa shape index (κ1) is 19.2. The Labute approximate surface area is 157 Å². The van der Waals surface area contributed by atoms with Crippen LogP contribution in [0.15, 0.2) is 30.3 Å². The van der Waals surface area contributed by atoms with Crippen LogP contribution in [-0.2, 0) is 16.1 Å². The van der Waals surface area contributed by atoms with E-state index in [-0.39, 0.29) is 6.09 Å². The molecule has 1 saturated carbocycles. The fraction of sp³-hybridized carbons (Fsp3) is 0.682. The predicted molar refractivity (Wildman–Crippen MR) is 103 cm³/mol. The summed E-state index contributed by atoms with van der Waals surface area (Å²) in [4.78, 5) is 14.0. The van der Waals surface area contributed by atoms with Crippen LogP contribution in [0.5, 0.6) is 0 Å². The van der Waals surface area contributed by atoms with Crippen LogP contribution < -0.4 is 0 Å². The Kier molecular flexibility index (Phi) is 7.36. The maximum atomic E-state index is 12.2. The molecule has 2 aliphatic rings. The SMILES string of the molecule is CC1CCC(COCC2CCN(C(=O)OCc3ccccc3)CC2)CC1. The number of benzene rings is 1. The minimum atomic E-state index is -0.190. The first-order valence-electron chi connectivity index (χ1n) is 10.2. The minimum Gasteiger partial charge on any atom is -0.445 e. The van der Waals surface area contributed by atoms with Crippen molar-refractivity contribution < 1.29 is 14.3 Å². The van der Waals surface area contributed by atoms with Crippen molar-refractivity contribution in [1.29, 1.82) is 0 Å². The Balaban J connectivity index is 1.28. The third-order valence-electron chi connectivity index (χ3n) is 5.92. The van der Waals surface area contributed by atoms with E-state index in [1.165, 1.54) is 25.7 Å². The van der Waals surface area contributed by atoms with Gasteiger partial charge >= 0.3 is 6.09 Å². The Morgan fingerprint density at radius 2 is 1.58 bits per heavy atom. The van der Waals surface area contributed by atoms with E-state index in [9.17, 15) is 4.79 Å². The number of hydrogen-bond donors (Lipinski definition) is 0. The number of hydrogen-bond acceptors (Lipinski definition) is 3. The van der Waals surface area contributed by atoms with Crippen molar-refractivity contribution in [2.75, 3.05) is 26.3 Å². The summed E-state index contributed by atoms with van der Waals surface area (Å²) in [7, 11) is 0. The summed E-state index contributed by atoms with van der Waals surface area (Å²) < 4.78 is 11.4. The molecule has 3 rings (SSSR count). The van der Waals surface area contributed by atoms with E-state index in [1.807, 2.05) is 35.2 Å². The van der Waals surface area contributed by atoms with Crippen molar-refractivity contribution in [2.24, 2.45) is 17.8 Å². The number of piperidine rings is 1. The average Bonchev–Trinajstić information content (AvgIpc) is 2.69. The molecule has 26 heavy (non-hydrogen) atoms. The first-order valence-corrected chi connectivity index (χ1v) is 10.2. The van der Waals surface area contributed by atoms with Crippen molar-refractivity contribution in [2.45, 2.75) is 52.1 Å². The van der Waals surface area contributed by atoms with Gasteiger partial charge in [-0.2, -0.15) is 0 Å². The molecular formula is C22H33NO3. The highest BCUT2D eigenvalue weighted by Gasteiger charge is 2.24. The average molecular weight is 360 g/mol. The molecule has 4 heteroatoms. The van der Waals surface area contributed by atoms with Crippen LogP contribution in [-0.4, -0.2) is 37.3 Å². The number of nitrogens with zero attached hydrogens (tertiary/aromatic N) is 1.